The number of nitrogens with two attached hydrogens (primary N) is 1. The van der Waals surface area contributed by atoms with Crippen molar-refractivity contribution in [2.24, 2.45) is 5.73 Å². The van der Waals surface area contributed by atoms with Crippen LogP contribution in [0.2, 0.25) is 0 Å². The minimum absolute atomic E-state index is 0.0174. The second kappa shape index (κ2) is 2.13. The predicted molar refractivity (Wildman–Crippen MR) is 47.9 cm³/mol. The predicted octanol–water partition coefficient (Wildman–Crippen LogP) is 2.05. The molecule has 2 nitrogen and oxygen atoms in total. The van der Waals surface area contributed by atoms with Gasteiger partial charge in [0.1, 0.15) is 5.76 Å². The first-order chi connectivity index (χ1) is 5.56. The third-order valence-electron chi connectivity index (χ3n) is 3.17. The van der Waals surface area contributed by atoms with Gasteiger partial charge >= 0.3 is 0 Å². The van der Waals surface area contributed by atoms with E-state index in [9.17, 15) is 0 Å². The SMILES string of the molecule is CC(C)(c1ccco1)C1(N)CC1. The van der Waals surface area contributed by atoms with Crippen LogP contribution in [0.3, 0.4) is 0 Å². The number of rotatable bonds is 2. The summed E-state index contributed by atoms with van der Waals surface area (Å²) < 4.78 is 5.38. The Morgan fingerprint density at radius 2 is 2.17 bits per heavy atom. The molecule has 0 saturated heterocycles. The van der Waals surface area contributed by atoms with E-state index < -0.39 is 0 Å². The van der Waals surface area contributed by atoms with Gasteiger partial charge in [0.15, 0.2) is 0 Å². The van der Waals surface area contributed by atoms with Crippen LogP contribution >= 0.6 is 0 Å². The van der Waals surface area contributed by atoms with Crippen LogP contribution in [-0.2, 0) is 5.41 Å². The van der Waals surface area contributed by atoms with Crippen molar-refractivity contribution in [3.8, 4) is 0 Å². The smallest absolute Gasteiger partial charge is 0.111 e. The highest BCUT2D eigenvalue weighted by Crippen LogP contribution is 2.49. The van der Waals surface area contributed by atoms with Crippen molar-refractivity contribution in [3.63, 3.8) is 0 Å². The fourth-order valence-corrected chi connectivity index (χ4v) is 1.64. The zero-order valence-electron chi connectivity index (χ0n) is 7.63. The lowest BCUT2D eigenvalue weighted by Gasteiger charge is -2.29. The Hall–Kier alpha value is -0.760. The van der Waals surface area contributed by atoms with E-state index in [0.717, 1.165) is 18.6 Å². The van der Waals surface area contributed by atoms with Crippen LogP contribution in [0.25, 0.3) is 0 Å². The summed E-state index contributed by atoms with van der Waals surface area (Å²) in [6, 6.07) is 3.93. The molecule has 2 N–H and O–H groups in total. The fraction of sp³-hybridized carbons (Fsp3) is 0.600. The van der Waals surface area contributed by atoms with Crippen molar-refractivity contribution >= 4 is 0 Å². The molecular weight excluding hydrogens is 150 g/mol. The topological polar surface area (TPSA) is 39.2 Å². The Morgan fingerprint density at radius 3 is 2.58 bits per heavy atom. The van der Waals surface area contributed by atoms with Crippen LogP contribution < -0.4 is 5.73 Å². The van der Waals surface area contributed by atoms with Crippen LogP contribution in [0, 0.1) is 0 Å². The van der Waals surface area contributed by atoms with Crippen molar-refractivity contribution in [2.45, 2.75) is 37.6 Å². The molecule has 0 atom stereocenters. The van der Waals surface area contributed by atoms with Gasteiger partial charge in [-0.1, -0.05) is 13.8 Å². The molecule has 0 bridgehead atoms. The van der Waals surface area contributed by atoms with E-state index in [1.807, 2.05) is 12.1 Å². The summed E-state index contributed by atoms with van der Waals surface area (Å²) in [5.74, 6) is 1.00. The molecule has 1 aliphatic carbocycles. The van der Waals surface area contributed by atoms with Gasteiger partial charge in [0.25, 0.3) is 0 Å². The Balaban J connectivity index is 2.33. The van der Waals surface area contributed by atoms with Gasteiger partial charge in [-0.3, -0.25) is 0 Å². The summed E-state index contributed by atoms with van der Waals surface area (Å²) in [7, 11) is 0. The van der Waals surface area contributed by atoms with Gasteiger partial charge in [0.05, 0.1) is 6.26 Å². The molecule has 0 spiro atoms. The van der Waals surface area contributed by atoms with E-state index in [1.165, 1.54) is 0 Å². The van der Waals surface area contributed by atoms with Gasteiger partial charge in [-0.15, -0.1) is 0 Å². The third-order valence-corrected chi connectivity index (χ3v) is 3.17. The molecule has 12 heavy (non-hydrogen) atoms. The van der Waals surface area contributed by atoms with Gasteiger partial charge in [0.2, 0.25) is 0 Å². The standard InChI is InChI=1S/C10H15NO/c1-9(2,10(11)5-6-10)8-4-3-7-12-8/h3-4,7H,5-6,11H2,1-2H3. The maximum Gasteiger partial charge on any atom is 0.111 e. The molecule has 1 aromatic heterocycles. The molecule has 0 aromatic carbocycles. The van der Waals surface area contributed by atoms with E-state index in [0.29, 0.717) is 0 Å². The summed E-state index contributed by atoms with van der Waals surface area (Å²) in [4.78, 5) is 0. The van der Waals surface area contributed by atoms with Gasteiger partial charge in [0, 0.05) is 11.0 Å². The first-order valence-corrected chi connectivity index (χ1v) is 4.39. The maximum atomic E-state index is 6.16. The second-order valence-corrected chi connectivity index (χ2v) is 4.26. The molecule has 0 aliphatic heterocycles. The molecule has 0 radical (unpaired) electrons. The zero-order valence-corrected chi connectivity index (χ0v) is 7.63. The fourth-order valence-electron chi connectivity index (χ4n) is 1.64. The largest absolute Gasteiger partial charge is 0.469 e. The molecule has 0 unspecified atom stereocenters. The van der Waals surface area contributed by atoms with Crippen LogP contribution in [0.5, 0.6) is 0 Å². The highest BCUT2D eigenvalue weighted by Gasteiger charge is 2.53. The summed E-state index contributed by atoms with van der Waals surface area (Å²) in [5.41, 5.74) is 6.12. The second-order valence-electron chi connectivity index (χ2n) is 4.26. The first-order valence-electron chi connectivity index (χ1n) is 4.39. The van der Waals surface area contributed by atoms with Crippen LogP contribution in [0.15, 0.2) is 22.8 Å². The molecule has 1 aliphatic rings. The van der Waals surface area contributed by atoms with Gasteiger partial charge in [-0.2, -0.15) is 0 Å². The van der Waals surface area contributed by atoms with E-state index >= 15 is 0 Å². The van der Waals surface area contributed by atoms with Crippen LogP contribution in [-0.4, -0.2) is 5.54 Å². The maximum absolute atomic E-state index is 6.16. The van der Waals surface area contributed by atoms with Crippen molar-refractivity contribution in [3.05, 3.63) is 24.2 Å². The van der Waals surface area contributed by atoms with Crippen molar-refractivity contribution in [1.82, 2.24) is 0 Å². The minimum Gasteiger partial charge on any atom is -0.469 e. The highest BCUT2D eigenvalue weighted by molar-refractivity contribution is 5.25. The summed E-state index contributed by atoms with van der Waals surface area (Å²) in [5, 5.41) is 0. The Morgan fingerprint density at radius 1 is 1.50 bits per heavy atom. The first kappa shape index (κ1) is 7.87. The van der Waals surface area contributed by atoms with Crippen LogP contribution in [0.4, 0.5) is 0 Å². The molecule has 66 valence electrons. The monoisotopic (exact) mass is 165 g/mol. The molecule has 1 aromatic rings. The van der Waals surface area contributed by atoms with Crippen molar-refractivity contribution in [1.29, 1.82) is 0 Å². The molecule has 0 amide bonds. The number of furan rings is 1. The van der Waals surface area contributed by atoms with Gasteiger partial charge < -0.3 is 10.2 Å². The molecular formula is C10H15NO. The summed E-state index contributed by atoms with van der Waals surface area (Å²) >= 11 is 0. The lowest BCUT2D eigenvalue weighted by Crippen LogP contribution is -2.42. The van der Waals surface area contributed by atoms with E-state index in [-0.39, 0.29) is 11.0 Å². The Labute approximate surface area is 72.7 Å². The van der Waals surface area contributed by atoms with Gasteiger partial charge in [-0.05, 0) is 25.0 Å². The van der Waals surface area contributed by atoms with E-state index in [4.69, 9.17) is 10.2 Å². The number of hydrogen-bond acceptors (Lipinski definition) is 2. The minimum atomic E-state index is -0.0230. The van der Waals surface area contributed by atoms with Crippen LogP contribution in [0.1, 0.15) is 32.4 Å². The van der Waals surface area contributed by atoms with Gasteiger partial charge in [-0.25, -0.2) is 0 Å². The lowest BCUT2D eigenvalue weighted by atomic mass is 9.80. The number of hydrogen-bond donors (Lipinski definition) is 1. The quantitative estimate of drug-likeness (QED) is 0.728. The van der Waals surface area contributed by atoms with Crippen molar-refractivity contribution in [2.75, 3.05) is 0 Å². The highest BCUT2D eigenvalue weighted by atomic mass is 16.3. The molecule has 1 saturated carbocycles. The zero-order chi connectivity index (χ0) is 8.82. The third kappa shape index (κ3) is 0.911. The Kier molecular flexibility index (Phi) is 1.40. The Bertz CT molecular complexity index is 270. The summed E-state index contributed by atoms with van der Waals surface area (Å²) in [6.45, 7) is 4.30. The molecule has 1 heterocycles. The molecule has 2 rings (SSSR count). The average molecular weight is 165 g/mol. The molecule has 1 fully saturated rings. The normalized spacial score (nSPS) is 20.9. The molecule has 2 heteroatoms. The average Bonchev–Trinajstić information content (AvgIpc) is 2.59. The lowest BCUT2D eigenvalue weighted by molar-refractivity contribution is 0.313. The van der Waals surface area contributed by atoms with Crippen molar-refractivity contribution < 1.29 is 4.42 Å². The van der Waals surface area contributed by atoms with E-state index in [2.05, 4.69) is 13.8 Å². The van der Waals surface area contributed by atoms with E-state index in [1.54, 1.807) is 6.26 Å². The summed E-state index contributed by atoms with van der Waals surface area (Å²) in [6.07, 6.45) is 3.93.